The number of aliphatic carboxylic acids is 3. The number of nitrogens with one attached hydrogen (secondary N) is 1. The van der Waals surface area contributed by atoms with E-state index in [2.05, 4.69) is 15.5 Å². The number of likely N-dealkylation sites (tertiary alicyclic amines) is 1. The zero-order valence-electron chi connectivity index (χ0n) is 27.1. The second-order valence-corrected chi connectivity index (χ2v) is 14.8. The van der Waals surface area contributed by atoms with E-state index >= 15 is 0 Å². The van der Waals surface area contributed by atoms with Crippen molar-refractivity contribution in [2.75, 3.05) is 25.4 Å². The van der Waals surface area contributed by atoms with Gasteiger partial charge in [0.25, 0.3) is 17.4 Å². The molecule has 2 amide bonds. The molecule has 2 aromatic heterocycles. The number of phenols is 2. The number of hydrogen-bond donors (Lipinski definition) is 7. The standard InChI is InChI=1S/C30H31N7O13S2/c1-12-14(9-37(4-2-3-5-37)11-35-25(43)13-6-16(38)17(39)7-18(13)50-35)23(29(47)48)36-26(44)22(27(36)52-12)33-24(42)21(15-10-51-30(31)32-15)34-49-19(28(45)46)8-20(40)41/h6-7,10,12,19,22,27H,2-5,8-9,11H2,1H3,(H7-,31,32,33,34,38,39,40,41,42,43,45,46,47,48)/p+1/t12-,19-,22+,27+/m0/s1. The number of amides is 2. The van der Waals surface area contributed by atoms with Crippen LogP contribution in [0.25, 0.3) is 11.0 Å². The molecule has 0 bridgehead atoms. The fraction of sp³-hybridized carbons (Fsp3) is 0.400. The third-order valence-corrected chi connectivity index (χ3v) is 11.1. The molecule has 0 unspecified atom stereocenters. The van der Waals surface area contributed by atoms with Crippen molar-refractivity contribution < 1.29 is 63.3 Å². The Hall–Kier alpha value is -5.61. The Morgan fingerprint density at radius 3 is 2.46 bits per heavy atom. The highest BCUT2D eigenvalue weighted by Crippen LogP contribution is 2.45. The lowest BCUT2D eigenvalue weighted by Gasteiger charge is -2.51. The summed E-state index contributed by atoms with van der Waals surface area (Å²) in [6.07, 6.45) is -1.39. The number of β-lactam (4-membered cyclic amide) rings is 1. The number of nitrogens with zero attached hydrogens (tertiary/aromatic N) is 5. The van der Waals surface area contributed by atoms with Crippen LogP contribution >= 0.6 is 23.1 Å². The number of carbonyl (C=O) groups excluding carboxylic acids is 2. The molecule has 4 atom stereocenters. The monoisotopic (exact) mass is 762 g/mol. The SMILES string of the molecule is C[C@@H]1S[C@@H]2[C@H](NC(=O)/C(=N\O[C@@H](CC(=O)O)C(=O)O)c3csc(N)n3)C(=O)N2C(C(=O)O)=C1C[N+]1(Cn2oc3cc(O)c(O)cc3c2=O)CCCC1. The van der Waals surface area contributed by atoms with E-state index < -0.39 is 81.7 Å². The molecule has 20 nitrogen and oxygen atoms in total. The first-order valence-electron chi connectivity index (χ1n) is 15.7. The molecule has 2 fully saturated rings. The molecule has 3 aliphatic heterocycles. The molecule has 1 aromatic carbocycles. The first-order chi connectivity index (χ1) is 24.6. The minimum Gasteiger partial charge on any atom is -0.504 e. The van der Waals surface area contributed by atoms with Gasteiger partial charge in [-0.1, -0.05) is 5.16 Å². The third-order valence-electron chi connectivity index (χ3n) is 8.99. The van der Waals surface area contributed by atoms with Gasteiger partial charge in [-0.3, -0.25) is 24.1 Å². The number of phenolic OH excluding ortho intramolecular Hbond substituents is 2. The van der Waals surface area contributed by atoms with Gasteiger partial charge in [-0.2, -0.15) is 0 Å². The van der Waals surface area contributed by atoms with Crippen molar-refractivity contribution in [1.29, 1.82) is 0 Å². The number of aromatic hydroxyl groups is 2. The molecule has 6 rings (SSSR count). The first kappa shape index (κ1) is 36.2. The van der Waals surface area contributed by atoms with Gasteiger partial charge in [-0.25, -0.2) is 14.6 Å². The number of oxime groups is 1. The van der Waals surface area contributed by atoms with Crippen LogP contribution in [0.3, 0.4) is 0 Å². The van der Waals surface area contributed by atoms with Gasteiger partial charge in [0.1, 0.15) is 29.4 Å². The van der Waals surface area contributed by atoms with Crippen LogP contribution in [-0.2, 0) is 35.5 Å². The zero-order chi connectivity index (χ0) is 37.6. The van der Waals surface area contributed by atoms with Crippen molar-refractivity contribution in [2.24, 2.45) is 5.16 Å². The van der Waals surface area contributed by atoms with Gasteiger partial charge >= 0.3 is 17.9 Å². The Labute approximate surface area is 299 Å². The van der Waals surface area contributed by atoms with Crippen LogP contribution in [0.2, 0.25) is 0 Å². The molecular formula is C30H32N7O13S2+. The second kappa shape index (κ2) is 13.8. The number of rotatable bonds is 13. The van der Waals surface area contributed by atoms with E-state index in [-0.39, 0.29) is 45.2 Å². The number of nitrogen functional groups attached to an aromatic ring is 1. The highest BCUT2D eigenvalue weighted by Gasteiger charge is 2.57. The van der Waals surface area contributed by atoms with Crippen LogP contribution in [-0.4, -0.2) is 122 Å². The maximum atomic E-state index is 13.6. The normalized spacial score (nSPS) is 21.8. The van der Waals surface area contributed by atoms with E-state index in [1.807, 2.05) is 0 Å². The summed E-state index contributed by atoms with van der Waals surface area (Å²) in [6, 6.07) is 0.994. The van der Waals surface area contributed by atoms with Crippen LogP contribution in [0.5, 0.6) is 11.5 Å². The number of fused-ring (bicyclic) bond motifs is 2. The molecule has 8 N–H and O–H groups in total. The fourth-order valence-electron chi connectivity index (χ4n) is 6.49. The summed E-state index contributed by atoms with van der Waals surface area (Å²) < 4.78 is 7.06. The Bertz CT molecular complexity index is 2120. The zero-order valence-corrected chi connectivity index (χ0v) is 28.8. The van der Waals surface area contributed by atoms with E-state index in [9.17, 15) is 49.2 Å². The average molecular weight is 763 g/mol. The number of quaternary nitrogens is 1. The van der Waals surface area contributed by atoms with E-state index in [1.165, 1.54) is 17.1 Å². The Morgan fingerprint density at radius 1 is 1.15 bits per heavy atom. The van der Waals surface area contributed by atoms with Crippen molar-refractivity contribution in [2.45, 2.75) is 55.6 Å². The molecule has 2 saturated heterocycles. The lowest BCUT2D eigenvalue weighted by atomic mass is 9.99. The maximum Gasteiger partial charge on any atom is 0.352 e. The molecule has 3 aromatic rings. The second-order valence-electron chi connectivity index (χ2n) is 12.5. The number of carboxylic acids is 3. The number of aromatic nitrogens is 2. The summed E-state index contributed by atoms with van der Waals surface area (Å²) >= 11 is 2.14. The molecule has 3 aliphatic rings. The number of hydrogen-bond acceptors (Lipinski definition) is 15. The Balaban J connectivity index is 1.25. The van der Waals surface area contributed by atoms with Gasteiger partial charge in [-0.15, -0.1) is 27.8 Å². The predicted octanol–water partition coefficient (Wildman–Crippen LogP) is 0.0884. The number of anilines is 1. The number of thiazole rings is 1. The highest BCUT2D eigenvalue weighted by molar-refractivity contribution is 8.00. The Kier molecular flexibility index (Phi) is 9.63. The average Bonchev–Trinajstić information content (AvgIpc) is 3.79. The fourth-order valence-corrected chi connectivity index (χ4v) is 8.48. The maximum absolute atomic E-state index is 13.6. The van der Waals surface area contributed by atoms with Crippen molar-refractivity contribution >= 4 is 74.6 Å². The predicted molar refractivity (Wildman–Crippen MR) is 180 cm³/mol. The lowest BCUT2D eigenvalue weighted by Crippen LogP contribution is -2.71. The molecule has 0 saturated carbocycles. The number of thioether (sulfide) groups is 1. The summed E-state index contributed by atoms with van der Waals surface area (Å²) in [5.74, 6) is -7.27. The van der Waals surface area contributed by atoms with Gasteiger partial charge in [0.2, 0.25) is 6.10 Å². The van der Waals surface area contributed by atoms with Gasteiger partial charge in [0.15, 0.2) is 34.6 Å². The highest BCUT2D eigenvalue weighted by atomic mass is 32.2. The third kappa shape index (κ3) is 6.74. The van der Waals surface area contributed by atoms with E-state index in [0.29, 0.717) is 18.7 Å². The number of nitrogens with two attached hydrogens (primary N) is 1. The summed E-state index contributed by atoms with van der Waals surface area (Å²) in [5, 5.41) is 54.7. The number of carboxylic acid groups (broad SMARTS) is 3. The van der Waals surface area contributed by atoms with E-state index in [0.717, 1.165) is 46.0 Å². The van der Waals surface area contributed by atoms with Crippen LogP contribution in [0.1, 0.15) is 31.9 Å². The van der Waals surface area contributed by atoms with Gasteiger partial charge in [-0.05, 0) is 6.92 Å². The van der Waals surface area contributed by atoms with Gasteiger partial charge in [0, 0.05) is 41.2 Å². The van der Waals surface area contributed by atoms with Crippen LogP contribution < -0.4 is 16.6 Å². The number of carbonyl (C=O) groups is 5. The topological polar surface area (TPSA) is 297 Å². The summed E-state index contributed by atoms with van der Waals surface area (Å²) in [5.41, 5.74) is 4.65. The minimum absolute atomic E-state index is 0.0133. The van der Waals surface area contributed by atoms with Crippen molar-refractivity contribution in [3.05, 3.63) is 44.8 Å². The van der Waals surface area contributed by atoms with Crippen molar-refractivity contribution in [3.63, 3.8) is 0 Å². The van der Waals surface area contributed by atoms with E-state index in [1.54, 1.807) is 6.92 Å². The summed E-state index contributed by atoms with van der Waals surface area (Å²) in [7, 11) is 0. The molecule has 0 radical (unpaired) electrons. The molecule has 52 heavy (non-hydrogen) atoms. The molecule has 5 heterocycles. The minimum atomic E-state index is -1.96. The molecular weight excluding hydrogens is 730 g/mol. The van der Waals surface area contributed by atoms with Crippen LogP contribution in [0.4, 0.5) is 5.13 Å². The smallest absolute Gasteiger partial charge is 0.352 e. The van der Waals surface area contributed by atoms with E-state index in [4.69, 9.17) is 20.2 Å². The molecule has 276 valence electrons. The van der Waals surface area contributed by atoms with Gasteiger partial charge in [0.05, 0.1) is 24.9 Å². The quantitative estimate of drug-likeness (QED) is 0.0399. The van der Waals surface area contributed by atoms with Crippen LogP contribution in [0.15, 0.2) is 43.3 Å². The Morgan fingerprint density at radius 2 is 1.85 bits per heavy atom. The number of benzene rings is 1. The van der Waals surface area contributed by atoms with Crippen molar-refractivity contribution in [1.82, 2.24) is 19.9 Å². The largest absolute Gasteiger partial charge is 0.504 e. The van der Waals surface area contributed by atoms with Crippen molar-refractivity contribution in [3.8, 4) is 11.5 Å². The van der Waals surface area contributed by atoms with Crippen LogP contribution in [0, 0.1) is 0 Å². The lowest BCUT2D eigenvalue weighted by molar-refractivity contribution is -0.936. The molecule has 0 spiro atoms. The summed E-state index contributed by atoms with van der Waals surface area (Å²) in [6.45, 7) is 3.04. The van der Waals surface area contributed by atoms with Gasteiger partial charge < -0.3 is 50.4 Å². The molecule has 0 aliphatic carbocycles. The summed E-state index contributed by atoms with van der Waals surface area (Å²) in [4.78, 5) is 85.6. The molecule has 22 heteroatoms. The first-order valence-corrected chi connectivity index (χ1v) is 17.5.